The Hall–Kier alpha value is 1.28. The molecule has 0 aliphatic carbocycles. The zero-order valence-electron chi connectivity index (χ0n) is 22.8. The molecule has 0 fully saturated rings. The van der Waals surface area contributed by atoms with Gasteiger partial charge in [0.15, 0.2) is 23.0 Å². The van der Waals surface area contributed by atoms with Crippen molar-refractivity contribution in [2.24, 2.45) is 0 Å². The minimum Gasteiger partial charge on any atom is -1.00 e. The standard InChI is InChI=1S/2C6H6O8S2.4Na.4H/c2*7-4-1-3(15(9,10)11)2-5(6(4)8)16(12,13)14;;;;;;;;/h2*1-2,7-8H,(H,9,10,11)(H,12,13,14);;;;;;;;/q;;4*+1;4*-1. The van der Waals surface area contributed by atoms with E-state index in [0.717, 1.165) is 0 Å². The second kappa shape index (κ2) is 15.9. The van der Waals surface area contributed by atoms with E-state index in [2.05, 4.69) is 0 Å². The Morgan fingerprint density at radius 1 is 0.444 bits per heavy atom. The first kappa shape index (κ1) is 44.3. The molecule has 0 bridgehead atoms. The molecular weight excluding hydrogens is 620 g/mol. The van der Waals surface area contributed by atoms with Crippen LogP contribution in [0.15, 0.2) is 43.8 Å². The molecule has 2 aromatic carbocycles. The number of aromatic hydroxyl groups is 4. The average molecular weight is 636 g/mol. The molecule has 0 aliphatic heterocycles. The second-order valence-electron chi connectivity index (χ2n) is 5.48. The van der Waals surface area contributed by atoms with Crippen molar-refractivity contribution in [3.63, 3.8) is 0 Å². The van der Waals surface area contributed by atoms with Crippen LogP contribution in [0.1, 0.15) is 5.71 Å². The first-order valence-corrected chi connectivity index (χ1v) is 12.8. The Labute approximate surface area is 299 Å². The molecule has 188 valence electrons. The van der Waals surface area contributed by atoms with Gasteiger partial charge in [0, 0.05) is 12.1 Å². The maximum absolute atomic E-state index is 10.7. The summed E-state index contributed by atoms with van der Waals surface area (Å²) in [7, 11) is -19.4. The van der Waals surface area contributed by atoms with Crippen molar-refractivity contribution in [2.45, 2.75) is 19.6 Å². The van der Waals surface area contributed by atoms with E-state index >= 15 is 0 Å². The van der Waals surface area contributed by atoms with Gasteiger partial charge in [-0.25, -0.2) is 0 Å². The third kappa shape index (κ3) is 12.6. The van der Waals surface area contributed by atoms with Crippen LogP contribution >= 0.6 is 0 Å². The van der Waals surface area contributed by atoms with E-state index in [0.29, 0.717) is 24.3 Å². The number of benzene rings is 2. The molecule has 8 N–H and O–H groups in total. The summed E-state index contributed by atoms with van der Waals surface area (Å²) in [5.74, 6) is -4.64. The Balaban J connectivity index is -0.0000000711. The van der Waals surface area contributed by atoms with Crippen LogP contribution in [-0.2, 0) is 40.5 Å². The molecule has 0 saturated carbocycles. The topological polar surface area (TPSA) is 298 Å². The fourth-order valence-electron chi connectivity index (χ4n) is 1.83. The molecule has 0 radical (unpaired) electrons. The minimum absolute atomic E-state index is 0. The Kier molecular flexibility index (Phi) is 19.6. The molecule has 0 aromatic heterocycles. The molecule has 0 atom stereocenters. The second-order valence-corrected chi connectivity index (χ2v) is 11.1. The number of rotatable bonds is 4. The van der Waals surface area contributed by atoms with Gasteiger partial charge in [-0.2, -0.15) is 33.7 Å². The number of hydrogen-bond donors (Lipinski definition) is 8. The van der Waals surface area contributed by atoms with Crippen LogP contribution in [0.25, 0.3) is 0 Å². The summed E-state index contributed by atoms with van der Waals surface area (Å²) in [6.45, 7) is 0. The van der Waals surface area contributed by atoms with Crippen molar-refractivity contribution in [2.75, 3.05) is 0 Å². The molecule has 0 spiro atoms. The molecule has 0 saturated heterocycles. The molecule has 0 amide bonds. The van der Waals surface area contributed by atoms with Crippen LogP contribution in [0.5, 0.6) is 23.0 Å². The van der Waals surface area contributed by atoms with E-state index in [-0.39, 0.29) is 124 Å². The maximum atomic E-state index is 10.7. The van der Waals surface area contributed by atoms with Crippen LogP contribution in [0, 0.1) is 0 Å². The van der Waals surface area contributed by atoms with Crippen LogP contribution in [-0.4, -0.2) is 72.3 Å². The summed E-state index contributed by atoms with van der Waals surface area (Å²) in [6, 6.07) is 1.47. The van der Waals surface area contributed by atoms with E-state index in [4.69, 9.17) is 38.6 Å². The summed E-state index contributed by atoms with van der Waals surface area (Å²) >= 11 is 0. The zero-order chi connectivity index (χ0) is 25.4. The van der Waals surface area contributed by atoms with Gasteiger partial charge >= 0.3 is 118 Å². The molecule has 0 heterocycles. The van der Waals surface area contributed by atoms with Crippen LogP contribution in [0.3, 0.4) is 0 Å². The van der Waals surface area contributed by atoms with Gasteiger partial charge in [-0.05, 0) is 12.1 Å². The third-order valence-corrected chi connectivity index (χ3v) is 6.61. The maximum Gasteiger partial charge on any atom is 1.00 e. The first-order valence-electron chi connectivity index (χ1n) is 7.08. The minimum atomic E-state index is -4.92. The Bertz CT molecular complexity index is 1410. The van der Waals surface area contributed by atoms with Crippen LogP contribution < -0.4 is 118 Å². The zero-order valence-corrected chi connectivity index (χ0v) is 30.1. The predicted molar refractivity (Wildman–Crippen MR) is 103 cm³/mol. The number of phenols is 4. The van der Waals surface area contributed by atoms with Crippen LogP contribution in [0.4, 0.5) is 0 Å². The summed E-state index contributed by atoms with van der Waals surface area (Å²) in [5.41, 5.74) is 0. The fraction of sp³-hybridized carbons (Fsp3) is 0. The summed E-state index contributed by atoms with van der Waals surface area (Å²) in [5, 5.41) is 36.1. The van der Waals surface area contributed by atoms with Crippen molar-refractivity contribution >= 4 is 40.5 Å². The van der Waals surface area contributed by atoms with Gasteiger partial charge in [0.2, 0.25) is 0 Å². The van der Waals surface area contributed by atoms with Gasteiger partial charge in [0.1, 0.15) is 9.79 Å². The molecule has 2 rings (SSSR count). The van der Waals surface area contributed by atoms with Crippen LogP contribution in [0.2, 0.25) is 0 Å². The molecule has 36 heavy (non-hydrogen) atoms. The molecule has 0 unspecified atom stereocenters. The van der Waals surface area contributed by atoms with Crippen molar-refractivity contribution in [3.8, 4) is 23.0 Å². The molecule has 0 aliphatic rings. The normalized spacial score (nSPS) is 11.2. The van der Waals surface area contributed by atoms with E-state index in [1.54, 1.807) is 0 Å². The quantitative estimate of drug-likeness (QED) is 0.0878. The first-order chi connectivity index (χ1) is 14.1. The number of hydrogen-bond acceptors (Lipinski definition) is 12. The van der Waals surface area contributed by atoms with Gasteiger partial charge in [0.25, 0.3) is 40.5 Å². The van der Waals surface area contributed by atoms with Crippen molar-refractivity contribution < 1.29 is 196 Å². The average Bonchev–Trinajstić information content (AvgIpc) is 2.56. The monoisotopic (exact) mass is 636 g/mol. The molecule has 24 heteroatoms. The van der Waals surface area contributed by atoms with E-state index in [1.807, 2.05) is 0 Å². The van der Waals surface area contributed by atoms with Gasteiger partial charge in [-0.3, -0.25) is 18.2 Å². The Morgan fingerprint density at radius 2 is 0.667 bits per heavy atom. The molecular formula is C12H16Na4O16S4. The Morgan fingerprint density at radius 3 is 0.833 bits per heavy atom. The SMILES string of the molecule is O=S(=O)(O)c1cc(O)c(O)c(S(=O)(=O)O)c1.O=S(=O)(O)c1cc(O)c(O)c(S(=O)(=O)O)c1.[H-].[H-].[H-].[H-].[Na+].[Na+].[Na+].[Na+]. The summed E-state index contributed by atoms with van der Waals surface area (Å²) in [6.07, 6.45) is 0. The van der Waals surface area contributed by atoms with Crippen molar-refractivity contribution in [1.29, 1.82) is 0 Å². The summed E-state index contributed by atoms with van der Waals surface area (Å²) in [4.78, 5) is -4.40. The van der Waals surface area contributed by atoms with Gasteiger partial charge in [-0.1, -0.05) is 0 Å². The molecule has 2 aromatic rings. The molecule has 16 nitrogen and oxygen atoms in total. The third-order valence-electron chi connectivity index (χ3n) is 3.21. The number of phenolic OH excluding ortho intramolecular Hbond substituents is 4. The van der Waals surface area contributed by atoms with E-state index in [9.17, 15) is 33.7 Å². The van der Waals surface area contributed by atoms with Gasteiger partial charge < -0.3 is 26.1 Å². The smallest absolute Gasteiger partial charge is 1.00 e. The van der Waals surface area contributed by atoms with E-state index < -0.39 is 83.1 Å². The predicted octanol–water partition coefficient (Wildman–Crippen LogP) is -12.4. The summed E-state index contributed by atoms with van der Waals surface area (Å²) < 4.78 is 120. The van der Waals surface area contributed by atoms with Gasteiger partial charge in [0.05, 0.1) is 9.79 Å². The van der Waals surface area contributed by atoms with Crippen molar-refractivity contribution in [3.05, 3.63) is 24.3 Å². The van der Waals surface area contributed by atoms with E-state index in [1.165, 1.54) is 0 Å². The fourth-order valence-corrected chi connectivity index (χ4v) is 4.28. The van der Waals surface area contributed by atoms with Crippen molar-refractivity contribution in [1.82, 2.24) is 0 Å². The van der Waals surface area contributed by atoms with Gasteiger partial charge in [-0.15, -0.1) is 0 Å². The largest absolute Gasteiger partial charge is 1.00 e.